The molecule has 0 aromatic carbocycles. The monoisotopic (exact) mass is 311 g/mol. The third-order valence-corrected chi connectivity index (χ3v) is 3.19. The lowest BCUT2D eigenvalue weighted by atomic mass is 9.98. The van der Waals surface area contributed by atoms with E-state index in [-0.39, 0.29) is 0 Å². The summed E-state index contributed by atoms with van der Waals surface area (Å²) in [5.74, 6) is -3.23. The van der Waals surface area contributed by atoms with Gasteiger partial charge in [0, 0.05) is 20.0 Å². The Morgan fingerprint density at radius 3 is 2.33 bits per heavy atom. The molecule has 0 aromatic rings. The van der Waals surface area contributed by atoms with Crippen molar-refractivity contribution >= 4 is 11.7 Å². The van der Waals surface area contributed by atoms with Gasteiger partial charge in [0.1, 0.15) is 12.8 Å². The number of carbonyl (C=O) groups excluding carboxylic acids is 2. The number of allylic oxidation sites excluding steroid dienone is 1. The van der Waals surface area contributed by atoms with E-state index in [0.29, 0.717) is 11.1 Å². The molecule has 0 spiro atoms. The van der Waals surface area contributed by atoms with Crippen molar-refractivity contribution in [3.05, 3.63) is 12.0 Å². The minimum Gasteiger partial charge on any atom is -0.393 e. The molecule has 1 aliphatic rings. The fourth-order valence-corrected chi connectivity index (χ4v) is 1.87. The number of rotatable bonds is 5. The highest BCUT2D eigenvalue weighted by Gasteiger charge is 2.57. The van der Waals surface area contributed by atoms with Crippen LogP contribution in [0.3, 0.4) is 0 Å². The van der Waals surface area contributed by atoms with Crippen LogP contribution in [0.25, 0.3) is 0 Å². The number of Topliss-reactive ketones (excluding diaryl/α,β-unsaturated/α-hetero) is 1. The van der Waals surface area contributed by atoms with Gasteiger partial charge in [-0.25, -0.2) is 13.2 Å². The molecule has 1 amide bonds. The van der Waals surface area contributed by atoms with E-state index in [1.165, 1.54) is 0 Å². The van der Waals surface area contributed by atoms with Gasteiger partial charge >= 0.3 is 0 Å². The van der Waals surface area contributed by atoms with E-state index < -0.39 is 54.9 Å². The van der Waals surface area contributed by atoms with Crippen LogP contribution in [-0.2, 0) is 14.3 Å². The maximum Gasteiger partial charge on any atom is 0.225 e. The molecule has 1 fully saturated rings. The highest BCUT2D eigenvalue weighted by atomic mass is 19.1. The van der Waals surface area contributed by atoms with Crippen molar-refractivity contribution in [2.24, 2.45) is 0 Å². The second kappa shape index (κ2) is 6.54. The van der Waals surface area contributed by atoms with Crippen LogP contribution in [0, 0.1) is 0 Å². The average molecular weight is 311 g/mol. The summed E-state index contributed by atoms with van der Waals surface area (Å²) in [6.07, 6.45) is -5.77. The molecule has 4 atom stereocenters. The van der Waals surface area contributed by atoms with Crippen molar-refractivity contribution < 1.29 is 37.7 Å². The van der Waals surface area contributed by atoms with Crippen molar-refractivity contribution in [1.82, 2.24) is 4.90 Å². The number of halogens is 3. The lowest BCUT2D eigenvalue weighted by molar-refractivity contribution is -0.161. The maximum atomic E-state index is 14.0. The molecule has 1 heterocycles. The Bertz CT molecular complexity index is 452. The highest BCUT2D eigenvalue weighted by Crippen LogP contribution is 2.35. The summed E-state index contributed by atoms with van der Waals surface area (Å²) < 4.78 is 45.2. The molecule has 0 bridgehead atoms. The Hall–Kier alpha value is -1.45. The smallest absolute Gasteiger partial charge is 0.225 e. The van der Waals surface area contributed by atoms with Gasteiger partial charge in [0.05, 0.1) is 6.61 Å². The summed E-state index contributed by atoms with van der Waals surface area (Å²) in [7, 11) is 0. The van der Waals surface area contributed by atoms with E-state index in [4.69, 9.17) is 9.84 Å². The third-order valence-electron chi connectivity index (χ3n) is 3.19. The van der Waals surface area contributed by atoms with Crippen LogP contribution in [0.4, 0.5) is 13.2 Å². The number of nitrogens with zero attached hydrogens (tertiary/aromatic N) is 1. The first-order chi connectivity index (χ1) is 9.70. The predicted octanol–water partition coefficient (Wildman–Crippen LogP) is -0.00930. The Morgan fingerprint density at radius 2 is 2.00 bits per heavy atom. The summed E-state index contributed by atoms with van der Waals surface area (Å²) in [5.41, 5.74) is -2.24. The number of amides is 1. The van der Waals surface area contributed by atoms with Gasteiger partial charge in [-0.1, -0.05) is 0 Å². The van der Waals surface area contributed by atoms with Gasteiger partial charge < -0.3 is 14.9 Å². The lowest BCUT2D eigenvalue weighted by Crippen LogP contribution is -2.47. The first-order valence-electron chi connectivity index (χ1n) is 6.04. The molecular weight excluding hydrogens is 295 g/mol. The number of ketones is 1. The minimum atomic E-state index is -2.28. The quantitative estimate of drug-likeness (QED) is 0.698. The number of carbonyl (C=O) groups is 2. The highest BCUT2D eigenvalue weighted by molar-refractivity contribution is 5.91. The fourth-order valence-electron chi connectivity index (χ4n) is 1.87. The molecule has 0 unspecified atom stereocenters. The van der Waals surface area contributed by atoms with Crippen LogP contribution in [0.15, 0.2) is 12.0 Å². The van der Waals surface area contributed by atoms with Crippen molar-refractivity contribution in [2.45, 2.75) is 38.0 Å². The Kier molecular flexibility index (Phi) is 5.48. The first-order valence-corrected chi connectivity index (χ1v) is 6.04. The summed E-state index contributed by atoms with van der Waals surface area (Å²) in [5, 5.41) is 18.7. The third kappa shape index (κ3) is 3.25. The molecule has 0 aromatic heterocycles. The zero-order valence-electron chi connectivity index (χ0n) is 11.4. The van der Waals surface area contributed by atoms with Crippen LogP contribution < -0.4 is 0 Å². The van der Waals surface area contributed by atoms with Crippen LogP contribution in [0.5, 0.6) is 0 Å². The summed E-state index contributed by atoms with van der Waals surface area (Å²) >= 11 is 0. The van der Waals surface area contributed by atoms with Crippen LogP contribution in [0.1, 0.15) is 13.8 Å². The Labute approximate surface area is 118 Å². The van der Waals surface area contributed by atoms with E-state index in [1.54, 1.807) is 0 Å². The molecule has 0 radical (unpaired) electrons. The zero-order valence-corrected chi connectivity index (χ0v) is 11.4. The van der Waals surface area contributed by atoms with Gasteiger partial charge in [-0.2, -0.15) is 0 Å². The van der Waals surface area contributed by atoms with Crippen molar-refractivity contribution in [3.63, 3.8) is 0 Å². The van der Waals surface area contributed by atoms with Gasteiger partial charge in [0.2, 0.25) is 5.91 Å². The van der Waals surface area contributed by atoms with Gasteiger partial charge in [-0.05, 0) is 0 Å². The van der Waals surface area contributed by atoms with Gasteiger partial charge in [0.25, 0.3) is 0 Å². The maximum absolute atomic E-state index is 14.0. The molecule has 1 rings (SSSR count). The topological polar surface area (TPSA) is 87.1 Å². The molecule has 9 heteroatoms. The van der Waals surface area contributed by atoms with E-state index in [1.807, 2.05) is 0 Å². The molecular formula is C12H16F3NO5. The van der Waals surface area contributed by atoms with E-state index >= 15 is 0 Å². The van der Waals surface area contributed by atoms with Crippen LogP contribution >= 0.6 is 0 Å². The van der Waals surface area contributed by atoms with Gasteiger partial charge in [-0.3, -0.25) is 14.5 Å². The van der Waals surface area contributed by atoms with E-state index in [9.17, 15) is 27.9 Å². The number of aliphatic hydroxyl groups excluding tert-OH is 2. The van der Waals surface area contributed by atoms with Gasteiger partial charge in [-0.15, -0.1) is 0 Å². The molecule has 1 saturated heterocycles. The molecule has 0 aliphatic carbocycles. The van der Waals surface area contributed by atoms with Crippen molar-refractivity contribution in [1.29, 1.82) is 0 Å². The fraction of sp³-hybridized carbons (Fsp3) is 0.667. The largest absolute Gasteiger partial charge is 0.393 e. The number of alkyl halides is 2. The van der Waals surface area contributed by atoms with E-state index in [2.05, 4.69) is 0 Å². The summed E-state index contributed by atoms with van der Waals surface area (Å²) in [6.45, 7) is -0.611. The molecule has 21 heavy (non-hydrogen) atoms. The zero-order chi connectivity index (χ0) is 16.4. The standard InChI is InChI=1S/C12H16F3NO5/c1-6(18)8(14)3-16(7(2)19)11-9(15)10(20)12(4-13,5-17)21-11/h3,9-11,17,20H,4-5H2,1-2H3/b8-3+/t9-,10+,11-,12-/m1/s1. The molecule has 0 saturated carbocycles. The number of ether oxygens (including phenoxy) is 1. The van der Waals surface area contributed by atoms with Crippen LogP contribution in [-0.4, -0.2) is 64.2 Å². The minimum absolute atomic E-state index is 0.400. The van der Waals surface area contributed by atoms with Gasteiger partial charge in [0.15, 0.2) is 29.6 Å². The van der Waals surface area contributed by atoms with Crippen molar-refractivity contribution in [3.8, 4) is 0 Å². The molecule has 1 aliphatic heterocycles. The van der Waals surface area contributed by atoms with E-state index in [0.717, 1.165) is 13.8 Å². The predicted molar refractivity (Wildman–Crippen MR) is 64.0 cm³/mol. The van der Waals surface area contributed by atoms with Crippen LogP contribution in [0.2, 0.25) is 0 Å². The Balaban J connectivity index is 3.14. The lowest BCUT2D eigenvalue weighted by Gasteiger charge is -2.28. The SMILES string of the molecule is CC(=O)/C(F)=C\N(C(C)=O)[C@@H]1O[C@@](CO)(CF)[C@@H](O)[C@H]1F. The number of hydrogen-bond acceptors (Lipinski definition) is 5. The first kappa shape index (κ1) is 17.6. The summed E-state index contributed by atoms with van der Waals surface area (Å²) in [4.78, 5) is 22.7. The molecule has 120 valence electrons. The average Bonchev–Trinajstić information content (AvgIpc) is 2.69. The normalized spacial score (nSPS) is 33.1. The summed E-state index contributed by atoms with van der Waals surface area (Å²) in [6, 6.07) is 0. The number of aliphatic hydroxyl groups is 2. The van der Waals surface area contributed by atoms with Crippen molar-refractivity contribution in [2.75, 3.05) is 13.3 Å². The molecule has 6 nitrogen and oxygen atoms in total. The second-order valence-corrected chi connectivity index (χ2v) is 4.71. The number of hydrogen-bond donors (Lipinski definition) is 2. The molecule has 2 N–H and O–H groups in total. The second-order valence-electron chi connectivity index (χ2n) is 4.71. The Morgan fingerprint density at radius 1 is 1.43 bits per heavy atom.